The van der Waals surface area contributed by atoms with Gasteiger partial charge in [0.15, 0.2) is 5.96 Å². The lowest BCUT2D eigenvalue weighted by molar-refractivity contribution is -0.138. The van der Waals surface area contributed by atoms with Crippen LogP contribution in [0, 0.1) is 0 Å². The molecule has 0 aliphatic heterocycles. The Morgan fingerprint density at radius 2 is 2.04 bits per heavy atom. The Morgan fingerprint density at radius 1 is 1.31 bits per heavy atom. The van der Waals surface area contributed by atoms with E-state index in [-0.39, 0.29) is 37.3 Å². The van der Waals surface area contributed by atoms with E-state index in [2.05, 4.69) is 20.6 Å². The zero-order chi connectivity index (χ0) is 19.5. The Hall–Kier alpha value is -3.17. The fourth-order valence-corrected chi connectivity index (χ4v) is 2.18. The Morgan fingerprint density at radius 3 is 2.62 bits per heavy atom. The van der Waals surface area contributed by atoms with Crippen LogP contribution in [0.1, 0.15) is 37.8 Å². The van der Waals surface area contributed by atoms with E-state index in [1.165, 1.54) is 6.20 Å². The van der Waals surface area contributed by atoms with Crippen molar-refractivity contribution in [1.82, 2.24) is 15.6 Å². The van der Waals surface area contributed by atoms with E-state index < -0.39 is 17.9 Å². The molecule has 2 amide bonds. The first kappa shape index (κ1) is 20.9. The number of aromatic nitrogens is 1. The van der Waals surface area contributed by atoms with Gasteiger partial charge in [-0.1, -0.05) is 6.07 Å². The number of carbonyl (C=O) groups is 3. The average molecular weight is 364 g/mol. The number of hydrogen-bond donors (Lipinski definition) is 5. The van der Waals surface area contributed by atoms with Crippen LogP contribution in [0.4, 0.5) is 0 Å². The molecule has 142 valence electrons. The Labute approximate surface area is 151 Å². The zero-order valence-electron chi connectivity index (χ0n) is 14.5. The summed E-state index contributed by atoms with van der Waals surface area (Å²) in [5, 5.41) is 14.0. The van der Waals surface area contributed by atoms with E-state index in [1.807, 2.05) is 0 Å². The van der Waals surface area contributed by atoms with Crippen LogP contribution in [-0.4, -0.2) is 46.4 Å². The summed E-state index contributed by atoms with van der Waals surface area (Å²) in [5.41, 5.74) is 11.1. The maximum Gasteiger partial charge on any atom is 0.305 e. The third kappa shape index (κ3) is 8.62. The summed E-state index contributed by atoms with van der Waals surface area (Å²) in [6, 6.07) is 2.39. The van der Waals surface area contributed by atoms with Crippen molar-refractivity contribution in [2.24, 2.45) is 16.5 Å². The van der Waals surface area contributed by atoms with Crippen molar-refractivity contribution in [3.8, 4) is 0 Å². The highest BCUT2D eigenvalue weighted by Gasteiger charge is 2.18. The van der Waals surface area contributed by atoms with Gasteiger partial charge in [0, 0.05) is 18.8 Å². The monoisotopic (exact) mass is 364 g/mol. The van der Waals surface area contributed by atoms with E-state index in [0.717, 1.165) is 0 Å². The highest BCUT2D eigenvalue weighted by molar-refractivity contribution is 5.85. The lowest BCUT2D eigenvalue weighted by Gasteiger charge is -2.17. The molecule has 0 fully saturated rings. The third-order valence-electron chi connectivity index (χ3n) is 3.41. The molecule has 1 heterocycles. The molecule has 0 radical (unpaired) electrons. The normalized spacial score (nSPS) is 12.5. The molecule has 10 nitrogen and oxygen atoms in total. The maximum absolute atomic E-state index is 12.0. The SMILES string of the molecule is CC(CCC(=O)NCC(=O)NC(CC(=O)O)c1cccnc1)N=C(N)N. The van der Waals surface area contributed by atoms with Crippen molar-refractivity contribution in [3.63, 3.8) is 0 Å². The molecule has 7 N–H and O–H groups in total. The summed E-state index contributed by atoms with van der Waals surface area (Å²) < 4.78 is 0. The van der Waals surface area contributed by atoms with Gasteiger partial charge in [0.05, 0.1) is 25.0 Å². The molecule has 2 unspecified atom stereocenters. The number of nitrogens with two attached hydrogens (primary N) is 2. The summed E-state index contributed by atoms with van der Waals surface area (Å²) in [4.78, 5) is 42.6. The molecule has 0 spiro atoms. The van der Waals surface area contributed by atoms with Crippen LogP contribution < -0.4 is 22.1 Å². The van der Waals surface area contributed by atoms with Gasteiger partial charge in [-0.25, -0.2) is 0 Å². The molecule has 1 aromatic rings. The van der Waals surface area contributed by atoms with Gasteiger partial charge in [-0.15, -0.1) is 0 Å². The molecule has 0 saturated carbocycles. The lowest BCUT2D eigenvalue weighted by Crippen LogP contribution is -2.39. The predicted molar refractivity (Wildman–Crippen MR) is 94.9 cm³/mol. The van der Waals surface area contributed by atoms with Crippen LogP contribution in [-0.2, 0) is 14.4 Å². The van der Waals surface area contributed by atoms with E-state index in [0.29, 0.717) is 12.0 Å². The molecule has 0 saturated heterocycles. The fourth-order valence-electron chi connectivity index (χ4n) is 2.18. The van der Waals surface area contributed by atoms with Gasteiger partial charge in [-0.3, -0.25) is 24.4 Å². The van der Waals surface area contributed by atoms with E-state index in [4.69, 9.17) is 16.6 Å². The number of rotatable bonds is 10. The third-order valence-corrected chi connectivity index (χ3v) is 3.41. The molecule has 10 heteroatoms. The summed E-state index contributed by atoms with van der Waals surface area (Å²) in [5.74, 6) is -1.92. The van der Waals surface area contributed by atoms with Crippen LogP contribution in [0.2, 0.25) is 0 Å². The van der Waals surface area contributed by atoms with Crippen molar-refractivity contribution < 1.29 is 19.5 Å². The molecule has 1 aromatic heterocycles. The number of hydrogen-bond acceptors (Lipinski definition) is 5. The second-order valence-corrected chi connectivity index (χ2v) is 5.72. The van der Waals surface area contributed by atoms with E-state index in [1.54, 1.807) is 25.3 Å². The number of carboxylic acid groups (broad SMARTS) is 1. The van der Waals surface area contributed by atoms with Crippen LogP contribution in [0.25, 0.3) is 0 Å². The Balaban J connectivity index is 2.46. The second kappa shape index (κ2) is 10.6. The van der Waals surface area contributed by atoms with Gasteiger partial charge in [0.2, 0.25) is 11.8 Å². The number of carboxylic acids is 1. The number of nitrogens with one attached hydrogen (secondary N) is 2. The Bertz CT molecular complexity index is 645. The highest BCUT2D eigenvalue weighted by Crippen LogP contribution is 2.15. The van der Waals surface area contributed by atoms with Crippen LogP contribution in [0.5, 0.6) is 0 Å². The van der Waals surface area contributed by atoms with Gasteiger partial charge < -0.3 is 27.2 Å². The van der Waals surface area contributed by atoms with Gasteiger partial charge in [0.25, 0.3) is 0 Å². The number of amides is 2. The van der Waals surface area contributed by atoms with Crippen LogP contribution in [0.15, 0.2) is 29.5 Å². The number of aliphatic imine (C=N–C) groups is 1. The molecule has 26 heavy (non-hydrogen) atoms. The number of guanidine groups is 1. The summed E-state index contributed by atoms with van der Waals surface area (Å²) in [6.07, 6.45) is 3.33. The number of pyridine rings is 1. The number of nitrogens with zero attached hydrogens (tertiary/aromatic N) is 2. The standard InChI is InChI=1S/C16H24N6O4/c1-10(21-16(17)18)4-5-13(23)20-9-14(24)22-12(7-15(25)26)11-3-2-6-19-8-11/h2-3,6,8,10,12H,4-5,7,9H2,1H3,(H,20,23)(H,22,24)(H,25,26)(H4,17,18,21). The van der Waals surface area contributed by atoms with Crippen LogP contribution >= 0.6 is 0 Å². The number of carbonyl (C=O) groups excluding carboxylic acids is 2. The molecule has 0 bridgehead atoms. The molecular formula is C16H24N6O4. The van der Waals surface area contributed by atoms with Crippen molar-refractivity contribution in [1.29, 1.82) is 0 Å². The quantitative estimate of drug-likeness (QED) is 0.269. The molecule has 1 rings (SSSR count). The topological polar surface area (TPSA) is 173 Å². The summed E-state index contributed by atoms with van der Waals surface area (Å²) in [7, 11) is 0. The van der Waals surface area contributed by atoms with Gasteiger partial charge in [-0.05, 0) is 25.0 Å². The number of aliphatic carboxylic acids is 1. The maximum atomic E-state index is 12.0. The largest absolute Gasteiger partial charge is 0.481 e. The van der Waals surface area contributed by atoms with Crippen LogP contribution in [0.3, 0.4) is 0 Å². The fraction of sp³-hybridized carbons (Fsp3) is 0.438. The first-order valence-electron chi connectivity index (χ1n) is 8.04. The minimum Gasteiger partial charge on any atom is -0.481 e. The van der Waals surface area contributed by atoms with E-state index >= 15 is 0 Å². The smallest absolute Gasteiger partial charge is 0.305 e. The van der Waals surface area contributed by atoms with Crippen molar-refractivity contribution in [3.05, 3.63) is 30.1 Å². The zero-order valence-corrected chi connectivity index (χ0v) is 14.5. The van der Waals surface area contributed by atoms with Gasteiger partial charge in [0.1, 0.15) is 0 Å². The van der Waals surface area contributed by atoms with Crippen molar-refractivity contribution in [2.45, 2.75) is 38.3 Å². The average Bonchev–Trinajstić information content (AvgIpc) is 2.57. The van der Waals surface area contributed by atoms with Gasteiger partial charge in [-0.2, -0.15) is 0 Å². The molecule has 0 aliphatic rings. The van der Waals surface area contributed by atoms with Crippen molar-refractivity contribution in [2.75, 3.05) is 6.54 Å². The first-order valence-corrected chi connectivity index (χ1v) is 8.04. The molecule has 0 aliphatic carbocycles. The molecular weight excluding hydrogens is 340 g/mol. The Kier molecular flexibility index (Phi) is 8.55. The minimum atomic E-state index is -1.06. The summed E-state index contributed by atoms with van der Waals surface area (Å²) >= 11 is 0. The second-order valence-electron chi connectivity index (χ2n) is 5.72. The lowest BCUT2D eigenvalue weighted by atomic mass is 10.1. The predicted octanol–water partition coefficient (Wildman–Crippen LogP) is -0.728. The van der Waals surface area contributed by atoms with Crippen molar-refractivity contribution >= 4 is 23.7 Å². The van der Waals surface area contributed by atoms with Gasteiger partial charge >= 0.3 is 5.97 Å². The summed E-state index contributed by atoms with van der Waals surface area (Å²) in [6.45, 7) is 1.51. The van der Waals surface area contributed by atoms with E-state index in [9.17, 15) is 14.4 Å². The first-order chi connectivity index (χ1) is 12.3. The highest BCUT2D eigenvalue weighted by atomic mass is 16.4. The minimum absolute atomic E-state index is 0.0443. The molecule has 0 aromatic carbocycles. The molecule has 2 atom stereocenters.